The molecule has 2 aromatic carbocycles. The number of fused-ring (bicyclic) bond motifs is 1. The van der Waals surface area contributed by atoms with E-state index in [4.69, 9.17) is 9.72 Å². The molecule has 1 heterocycles. The smallest absolute Gasteiger partial charge is 0.123 e. The molecule has 0 atom stereocenters. The van der Waals surface area contributed by atoms with Gasteiger partial charge in [0.1, 0.15) is 11.6 Å². The van der Waals surface area contributed by atoms with Gasteiger partial charge in [-0.05, 0) is 18.2 Å². The molecule has 114 valence electrons. The highest BCUT2D eigenvalue weighted by atomic mass is 16.5. The average molecular weight is 294 g/mol. The molecule has 3 nitrogen and oxygen atoms in total. The number of rotatable bonds is 3. The Morgan fingerprint density at radius 2 is 1.68 bits per heavy atom. The van der Waals surface area contributed by atoms with Crippen molar-refractivity contribution >= 4 is 11.0 Å². The number of imidazole rings is 1. The number of hydrogen-bond acceptors (Lipinski definition) is 2. The van der Waals surface area contributed by atoms with Crippen LogP contribution in [0.1, 0.15) is 32.2 Å². The zero-order chi connectivity index (χ0) is 15.7. The summed E-state index contributed by atoms with van der Waals surface area (Å²) in [7, 11) is 1.72. The molecule has 0 saturated heterocycles. The van der Waals surface area contributed by atoms with E-state index in [9.17, 15) is 0 Å². The fraction of sp³-hybridized carbons (Fsp3) is 0.316. The van der Waals surface area contributed by atoms with Crippen molar-refractivity contribution in [1.29, 1.82) is 0 Å². The first-order valence-electron chi connectivity index (χ1n) is 7.58. The second-order valence-electron chi connectivity index (χ2n) is 6.57. The normalized spacial score (nSPS) is 11.8. The lowest BCUT2D eigenvalue weighted by Crippen LogP contribution is -2.19. The maximum Gasteiger partial charge on any atom is 0.123 e. The minimum atomic E-state index is -0.0129. The summed E-state index contributed by atoms with van der Waals surface area (Å²) in [6.45, 7) is 7.37. The van der Waals surface area contributed by atoms with E-state index in [-0.39, 0.29) is 5.41 Å². The Morgan fingerprint density at radius 3 is 2.41 bits per heavy atom. The molecule has 0 amide bonds. The summed E-state index contributed by atoms with van der Waals surface area (Å²) >= 11 is 0. The quantitative estimate of drug-likeness (QED) is 0.716. The van der Waals surface area contributed by atoms with Gasteiger partial charge in [0, 0.05) is 11.0 Å². The Morgan fingerprint density at radius 1 is 1.00 bits per heavy atom. The van der Waals surface area contributed by atoms with Gasteiger partial charge in [-0.2, -0.15) is 0 Å². The molecule has 3 rings (SSSR count). The Kier molecular flexibility index (Phi) is 3.65. The molecule has 0 aliphatic heterocycles. The third-order valence-corrected chi connectivity index (χ3v) is 3.85. The molecule has 0 aliphatic carbocycles. The summed E-state index contributed by atoms with van der Waals surface area (Å²) in [4.78, 5) is 4.86. The van der Waals surface area contributed by atoms with Gasteiger partial charge < -0.3 is 9.30 Å². The van der Waals surface area contributed by atoms with Crippen molar-refractivity contribution in [1.82, 2.24) is 9.55 Å². The van der Waals surface area contributed by atoms with Crippen LogP contribution in [0.15, 0.2) is 48.5 Å². The van der Waals surface area contributed by atoms with Gasteiger partial charge >= 0.3 is 0 Å². The fourth-order valence-corrected chi connectivity index (χ4v) is 2.81. The highest BCUT2D eigenvalue weighted by Gasteiger charge is 2.23. The number of hydrogen-bond donors (Lipinski definition) is 0. The Bertz CT molecular complexity index is 797. The summed E-state index contributed by atoms with van der Waals surface area (Å²) in [6, 6.07) is 16.5. The van der Waals surface area contributed by atoms with Crippen molar-refractivity contribution < 1.29 is 4.74 Å². The van der Waals surface area contributed by atoms with E-state index in [2.05, 4.69) is 49.6 Å². The Labute approximate surface area is 131 Å². The number of para-hydroxylation sites is 3. The van der Waals surface area contributed by atoms with Crippen molar-refractivity contribution in [3.05, 3.63) is 59.9 Å². The van der Waals surface area contributed by atoms with Crippen LogP contribution in [0.5, 0.6) is 5.75 Å². The van der Waals surface area contributed by atoms with E-state index in [1.165, 1.54) is 11.1 Å². The first-order chi connectivity index (χ1) is 10.5. The molecule has 0 aliphatic rings. The highest BCUT2D eigenvalue weighted by Crippen LogP contribution is 2.28. The molecular formula is C19H22N2O. The summed E-state index contributed by atoms with van der Waals surface area (Å²) in [5, 5.41) is 0. The summed E-state index contributed by atoms with van der Waals surface area (Å²) in [5.41, 5.74) is 3.36. The fourth-order valence-electron chi connectivity index (χ4n) is 2.81. The summed E-state index contributed by atoms with van der Waals surface area (Å²) in [5.74, 6) is 2.01. The van der Waals surface area contributed by atoms with Crippen molar-refractivity contribution in [2.75, 3.05) is 7.11 Å². The molecule has 22 heavy (non-hydrogen) atoms. The second-order valence-corrected chi connectivity index (χ2v) is 6.57. The van der Waals surface area contributed by atoms with Crippen LogP contribution in [0, 0.1) is 0 Å². The predicted molar refractivity (Wildman–Crippen MR) is 90.5 cm³/mol. The molecule has 0 saturated carbocycles. The van der Waals surface area contributed by atoms with E-state index >= 15 is 0 Å². The van der Waals surface area contributed by atoms with Gasteiger partial charge in [-0.25, -0.2) is 4.98 Å². The predicted octanol–water partition coefficient (Wildman–Crippen LogP) is 4.39. The van der Waals surface area contributed by atoms with Crippen LogP contribution in [0.25, 0.3) is 11.0 Å². The molecule has 0 radical (unpaired) electrons. The first-order valence-corrected chi connectivity index (χ1v) is 7.58. The van der Waals surface area contributed by atoms with Gasteiger partial charge in [0.25, 0.3) is 0 Å². The minimum absolute atomic E-state index is 0.0129. The Hall–Kier alpha value is -2.29. The molecule has 0 spiro atoms. The van der Waals surface area contributed by atoms with Gasteiger partial charge in [0.05, 0.1) is 24.7 Å². The Balaban J connectivity index is 2.17. The van der Waals surface area contributed by atoms with E-state index in [0.29, 0.717) is 0 Å². The van der Waals surface area contributed by atoms with Crippen molar-refractivity contribution in [3.63, 3.8) is 0 Å². The van der Waals surface area contributed by atoms with Crippen LogP contribution in [-0.2, 0) is 12.0 Å². The molecule has 3 aromatic rings. The lowest BCUT2D eigenvalue weighted by Gasteiger charge is -2.21. The first kappa shape index (κ1) is 14.6. The molecule has 1 aromatic heterocycles. The molecule has 0 unspecified atom stereocenters. The molecule has 0 N–H and O–H groups in total. The van der Waals surface area contributed by atoms with Gasteiger partial charge in [0.15, 0.2) is 0 Å². The number of methoxy groups -OCH3 is 1. The SMILES string of the molecule is COc1ccccc1Cn1c(C(C)(C)C)nc2ccccc21. The van der Waals surface area contributed by atoms with Crippen molar-refractivity contribution in [3.8, 4) is 5.75 Å². The van der Waals surface area contributed by atoms with E-state index in [1.807, 2.05) is 24.3 Å². The highest BCUT2D eigenvalue weighted by molar-refractivity contribution is 5.76. The van der Waals surface area contributed by atoms with Crippen LogP contribution in [0.3, 0.4) is 0 Å². The molecule has 3 heteroatoms. The van der Waals surface area contributed by atoms with Gasteiger partial charge in [-0.15, -0.1) is 0 Å². The zero-order valence-corrected chi connectivity index (χ0v) is 13.6. The van der Waals surface area contributed by atoms with Crippen LogP contribution >= 0.6 is 0 Å². The standard InChI is InChI=1S/C19H22N2O/c1-19(2,3)18-20-15-10-6-7-11-16(15)21(18)13-14-9-5-8-12-17(14)22-4/h5-12H,13H2,1-4H3. The van der Waals surface area contributed by atoms with Crippen LogP contribution in [0.2, 0.25) is 0 Å². The molecule has 0 fully saturated rings. The number of benzene rings is 2. The summed E-state index contributed by atoms with van der Waals surface area (Å²) in [6.07, 6.45) is 0. The summed E-state index contributed by atoms with van der Waals surface area (Å²) < 4.78 is 7.80. The molecule has 0 bridgehead atoms. The second kappa shape index (κ2) is 5.48. The van der Waals surface area contributed by atoms with E-state index in [1.54, 1.807) is 7.11 Å². The largest absolute Gasteiger partial charge is 0.496 e. The van der Waals surface area contributed by atoms with Crippen LogP contribution in [0.4, 0.5) is 0 Å². The lowest BCUT2D eigenvalue weighted by atomic mass is 9.95. The zero-order valence-electron chi connectivity index (χ0n) is 13.6. The maximum atomic E-state index is 5.50. The minimum Gasteiger partial charge on any atom is -0.496 e. The monoisotopic (exact) mass is 294 g/mol. The number of nitrogens with zero attached hydrogens (tertiary/aromatic N) is 2. The third kappa shape index (κ3) is 2.59. The van der Waals surface area contributed by atoms with E-state index in [0.717, 1.165) is 23.6 Å². The van der Waals surface area contributed by atoms with Crippen molar-refractivity contribution in [2.45, 2.75) is 32.7 Å². The van der Waals surface area contributed by atoms with Gasteiger partial charge in [0.2, 0.25) is 0 Å². The maximum absolute atomic E-state index is 5.50. The van der Waals surface area contributed by atoms with Crippen LogP contribution < -0.4 is 4.74 Å². The average Bonchev–Trinajstić information content (AvgIpc) is 2.87. The van der Waals surface area contributed by atoms with Gasteiger partial charge in [-0.1, -0.05) is 51.1 Å². The van der Waals surface area contributed by atoms with Crippen LogP contribution in [-0.4, -0.2) is 16.7 Å². The topological polar surface area (TPSA) is 27.1 Å². The third-order valence-electron chi connectivity index (χ3n) is 3.85. The lowest BCUT2D eigenvalue weighted by molar-refractivity contribution is 0.407. The molecular weight excluding hydrogens is 272 g/mol. The van der Waals surface area contributed by atoms with Crippen molar-refractivity contribution in [2.24, 2.45) is 0 Å². The number of aromatic nitrogens is 2. The number of ether oxygens (including phenoxy) is 1. The van der Waals surface area contributed by atoms with Gasteiger partial charge in [-0.3, -0.25) is 0 Å². The van der Waals surface area contributed by atoms with E-state index < -0.39 is 0 Å².